The molecule has 0 atom stereocenters. The van der Waals surface area contributed by atoms with Crippen LogP contribution in [0.25, 0.3) is 10.6 Å². The van der Waals surface area contributed by atoms with Gasteiger partial charge in [-0.2, -0.15) is 0 Å². The fraction of sp³-hybridized carbons (Fsp3) is 0.143. The molecule has 1 heterocycles. The van der Waals surface area contributed by atoms with Crippen molar-refractivity contribution in [3.8, 4) is 10.6 Å². The minimum atomic E-state index is -0.611. The van der Waals surface area contributed by atoms with Gasteiger partial charge >= 0.3 is 0 Å². The van der Waals surface area contributed by atoms with Gasteiger partial charge in [-0.25, -0.2) is 4.98 Å². The van der Waals surface area contributed by atoms with E-state index < -0.39 is 5.91 Å². The second-order valence-corrected chi connectivity index (χ2v) is 7.90. The third kappa shape index (κ3) is 5.43. The Morgan fingerprint density at radius 1 is 1.00 bits per heavy atom. The van der Waals surface area contributed by atoms with Crippen molar-refractivity contribution in [2.45, 2.75) is 13.5 Å². The summed E-state index contributed by atoms with van der Waals surface area (Å²) in [6, 6.07) is 14.0. The number of nitrogens with one attached hydrogen (secondary N) is 2. The summed E-state index contributed by atoms with van der Waals surface area (Å²) in [5, 5.41) is 6.68. The largest absolute Gasteiger partial charge is 0.368 e. The van der Waals surface area contributed by atoms with Crippen molar-refractivity contribution in [2.24, 2.45) is 5.73 Å². The summed E-state index contributed by atoms with van der Waals surface area (Å²) in [5.41, 5.74) is 7.79. The van der Waals surface area contributed by atoms with E-state index in [0.29, 0.717) is 27.7 Å². The molecule has 0 radical (unpaired) electrons. The average molecular weight is 443 g/mol. The van der Waals surface area contributed by atoms with E-state index in [4.69, 9.17) is 17.3 Å². The quantitative estimate of drug-likeness (QED) is 0.521. The molecule has 0 saturated carbocycles. The molecule has 2 aromatic carbocycles. The van der Waals surface area contributed by atoms with Gasteiger partial charge in [-0.05, 0) is 36.8 Å². The van der Waals surface area contributed by atoms with E-state index >= 15 is 0 Å². The number of nitrogens with zero attached hydrogens (tertiary/aromatic N) is 1. The van der Waals surface area contributed by atoms with E-state index in [2.05, 4.69) is 15.6 Å². The third-order valence-corrected chi connectivity index (χ3v) is 5.64. The molecule has 0 unspecified atom stereocenters. The van der Waals surface area contributed by atoms with Crippen molar-refractivity contribution in [3.05, 3.63) is 75.3 Å². The summed E-state index contributed by atoms with van der Waals surface area (Å²) in [4.78, 5) is 40.2. The number of benzene rings is 2. The maximum Gasteiger partial charge on any atom is 0.263 e. The van der Waals surface area contributed by atoms with Crippen LogP contribution in [0.15, 0.2) is 48.5 Å². The van der Waals surface area contributed by atoms with Crippen LogP contribution < -0.4 is 16.4 Å². The molecule has 0 aliphatic heterocycles. The number of carbonyl (C=O) groups is 3. The van der Waals surface area contributed by atoms with E-state index in [-0.39, 0.29) is 18.4 Å². The Kier molecular flexibility index (Phi) is 6.81. The molecule has 154 valence electrons. The van der Waals surface area contributed by atoms with Crippen molar-refractivity contribution < 1.29 is 14.4 Å². The highest BCUT2D eigenvalue weighted by molar-refractivity contribution is 7.17. The Morgan fingerprint density at radius 2 is 1.67 bits per heavy atom. The molecule has 30 heavy (non-hydrogen) atoms. The number of carbonyl (C=O) groups excluding carboxylic acids is 3. The molecule has 0 fully saturated rings. The summed E-state index contributed by atoms with van der Waals surface area (Å²) in [6.07, 6.45) is 0. The molecule has 7 nitrogen and oxygen atoms in total. The minimum Gasteiger partial charge on any atom is -0.368 e. The van der Waals surface area contributed by atoms with Crippen molar-refractivity contribution in [2.75, 3.05) is 6.54 Å². The van der Waals surface area contributed by atoms with Crippen molar-refractivity contribution in [1.82, 2.24) is 15.6 Å². The van der Waals surface area contributed by atoms with Crippen LogP contribution in [0.2, 0.25) is 5.02 Å². The van der Waals surface area contributed by atoms with Crippen LogP contribution in [-0.2, 0) is 11.3 Å². The number of hydrogen-bond acceptors (Lipinski definition) is 5. The molecule has 0 spiro atoms. The summed E-state index contributed by atoms with van der Waals surface area (Å²) in [5.74, 6) is -1.21. The van der Waals surface area contributed by atoms with Gasteiger partial charge in [-0.1, -0.05) is 35.9 Å². The number of aryl methyl sites for hydroxylation is 1. The standard InChI is InChI=1S/C21H19ClN4O3S/c1-12-18(30-21(26-12)15-6-8-16(22)9-7-15)20(29)24-10-13-2-4-14(5-3-13)19(28)25-11-17(23)27/h2-9H,10-11H2,1H3,(H2,23,27)(H,24,29)(H,25,28). The van der Waals surface area contributed by atoms with Gasteiger partial charge in [0.1, 0.15) is 9.88 Å². The molecule has 0 aliphatic rings. The number of hydrogen-bond donors (Lipinski definition) is 3. The Morgan fingerprint density at radius 3 is 2.30 bits per heavy atom. The predicted molar refractivity (Wildman–Crippen MR) is 116 cm³/mol. The second-order valence-electron chi connectivity index (χ2n) is 6.47. The van der Waals surface area contributed by atoms with Crippen molar-refractivity contribution >= 4 is 40.7 Å². The number of halogens is 1. The lowest BCUT2D eigenvalue weighted by Crippen LogP contribution is -2.33. The molecule has 0 saturated heterocycles. The SMILES string of the molecule is Cc1nc(-c2ccc(Cl)cc2)sc1C(=O)NCc1ccc(C(=O)NCC(N)=O)cc1. The molecule has 3 aromatic rings. The molecule has 1 aromatic heterocycles. The van der Waals surface area contributed by atoms with Crippen molar-refractivity contribution in [1.29, 1.82) is 0 Å². The maximum atomic E-state index is 12.6. The number of thiazole rings is 1. The third-order valence-electron chi connectivity index (χ3n) is 4.19. The van der Waals surface area contributed by atoms with Crippen molar-refractivity contribution in [3.63, 3.8) is 0 Å². The topological polar surface area (TPSA) is 114 Å². The molecule has 3 amide bonds. The number of nitrogens with two attached hydrogens (primary N) is 1. The van der Waals surface area contributed by atoms with Gasteiger partial charge in [0.05, 0.1) is 12.2 Å². The van der Waals surface area contributed by atoms with Gasteiger partial charge in [-0.3, -0.25) is 14.4 Å². The van der Waals surface area contributed by atoms with Gasteiger partial charge in [-0.15, -0.1) is 11.3 Å². The molecule has 3 rings (SSSR count). The van der Waals surface area contributed by atoms with Gasteiger partial charge < -0.3 is 16.4 Å². The smallest absolute Gasteiger partial charge is 0.263 e. The average Bonchev–Trinajstić information content (AvgIpc) is 3.12. The Hall–Kier alpha value is -3.23. The fourth-order valence-electron chi connectivity index (χ4n) is 2.63. The van der Waals surface area contributed by atoms with Gasteiger partial charge in [0.2, 0.25) is 5.91 Å². The van der Waals surface area contributed by atoms with Gasteiger partial charge in [0.25, 0.3) is 11.8 Å². The van der Waals surface area contributed by atoms with E-state index in [1.54, 1.807) is 43.3 Å². The lowest BCUT2D eigenvalue weighted by Gasteiger charge is -2.06. The number of aromatic nitrogens is 1. The summed E-state index contributed by atoms with van der Waals surface area (Å²) >= 11 is 7.24. The Balaban J connectivity index is 1.61. The second kappa shape index (κ2) is 9.51. The first-order chi connectivity index (χ1) is 14.3. The fourth-order valence-corrected chi connectivity index (χ4v) is 3.74. The highest BCUT2D eigenvalue weighted by Crippen LogP contribution is 2.28. The van der Waals surface area contributed by atoms with Crippen LogP contribution in [-0.4, -0.2) is 29.3 Å². The zero-order valence-electron chi connectivity index (χ0n) is 16.1. The minimum absolute atomic E-state index is 0.214. The highest BCUT2D eigenvalue weighted by Gasteiger charge is 2.16. The molecule has 9 heteroatoms. The molecular weight excluding hydrogens is 424 g/mol. The highest BCUT2D eigenvalue weighted by atomic mass is 35.5. The van der Waals surface area contributed by atoms with Gasteiger partial charge in [0.15, 0.2) is 0 Å². The molecular formula is C21H19ClN4O3S. The van der Waals surface area contributed by atoms with Crippen LogP contribution in [0.1, 0.15) is 31.3 Å². The van der Waals surface area contributed by atoms with E-state index in [1.165, 1.54) is 11.3 Å². The lowest BCUT2D eigenvalue weighted by molar-refractivity contribution is -0.117. The lowest BCUT2D eigenvalue weighted by atomic mass is 10.1. The number of amides is 3. The maximum absolute atomic E-state index is 12.6. The first-order valence-electron chi connectivity index (χ1n) is 9.00. The van der Waals surface area contributed by atoms with E-state index in [0.717, 1.165) is 16.1 Å². The summed E-state index contributed by atoms with van der Waals surface area (Å²) in [6.45, 7) is 1.88. The van der Waals surface area contributed by atoms with Crippen LogP contribution in [0.4, 0.5) is 0 Å². The van der Waals surface area contributed by atoms with Crippen LogP contribution in [0.3, 0.4) is 0 Å². The van der Waals surface area contributed by atoms with Crippen LogP contribution >= 0.6 is 22.9 Å². The zero-order chi connectivity index (χ0) is 21.7. The summed E-state index contributed by atoms with van der Waals surface area (Å²) in [7, 11) is 0. The predicted octanol–water partition coefficient (Wildman–Crippen LogP) is 2.92. The molecule has 0 bridgehead atoms. The first kappa shape index (κ1) is 21.5. The molecule has 0 aliphatic carbocycles. The number of primary amides is 1. The zero-order valence-corrected chi connectivity index (χ0v) is 17.6. The first-order valence-corrected chi connectivity index (χ1v) is 10.2. The Labute approximate surface area is 182 Å². The normalized spacial score (nSPS) is 10.5. The van der Waals surface area contributed by atoms with E-state index in [1.807, 2.05) is 12.1 Å². The summed E-state index contributed by atoms with van der Waals surface area (Å²) < 4.78 is 0. The number of rotatable bonds is 7. The van der Waals surface area contributed by atoms with Crippen LogP contribution in [0.5, 0.6) is 0 Å². The van der Waals surface area contributed by atoms with Crippen LogP contribution in [0, 0.1) is 6.92 Å². The Bertz CT molecular complexity index is 1080. The molecule has 4 N–H and O–H groups in total. The van der Waals surface area contributed by atoms with E-state index in [9.17, 15) is 14.4 Å². The van der Waals surface area contributed by atoms with Gasteiger partial charge in [0, 0.05) is 22.7 Å². The monoisotopic (exact) mass is 442 g/mol.